The standard InChI is InChI=1S/C17H16N4S/c1-2-6-14(7-3-1)16-19-20-17(22-16)21(15-8-9-15)12-13-5-4-10-18-11-13/h1-7,10-11,15H,8-9,12H2. The third-order valence-electron chi connectivity index (χ3n) is 3.74. The zero-order valence-corrected chi connectivity index (χ0v) is 12.9. The van der Waals surface area contributed by atoms with E-state index >= 15 is 0 Å². The number of hydrogen-bond acceptors (Lipinski definition) is 5. The van der Waals surface area contributed by atoms with Crippen LogP contribution in [0.1, 0.15) is 18.4 Å². The van der Waals surface area contributed by atoms with E-state index in [0.717, 1.165) is 22.2 Å². The van der Waals surface area contributed by atoms with Gasteiger partial charge in [-0.3, -0.25) is 4.98 Å². The lowest BCUT2D eigenvalue weighted by molar-refractivity contribution is 0.778. The molecule has 4 nitrogen and oxygen atoms in total. The number of anilines is 1. The lowest BCUT2D eigenvalue weighted by Crippen LogP contribution is -2.24. The maximum absolute atomic E-state index is 4.42. The Labute approximate surface area is 133 Å². The molecule has 0 saturated heterocycles. The maximum atomic E-state index is 4.42. The van der Waals surface area contributed by atoms with Crippen LogP contribution in [-0.2, 0) is 6.54 Å². The van der Waals surface area contributed by atoms with Crippen molar-refractivity contribution in [2.75, 3.05) is 4.90 Å². The van der Waals surface area contributed by atoms with Gasteiger partial charge in [0.25, 0.3) is 0 Å². The Morgan fingerprint density at radius 1 is 1.05 bits per heavy atom. The minimum absolute atomic E-state index is 0.594. The SMILES string of the molecule is c1ccc(-c2nnc(N(Cc3cccnc3)C3CC3)s2)cc1. The molecule has 1 saturated carbocycles. The second kappa shape index (κ2) is 5.85. The summed E-state index contributed by atoms with van der Waals surface area (Å²) in [5.74, 6) is 0. The van der Waals surface area contributed by atoms with Crippen molar-refractivity contribution in [3.63, 3.8) is 0 Å². The highest BCUT2D eigenvalue weighted by Crippen LogP contribution is 2.36. The predicted molar refractivity (Wildman–Crippen MR) is 88.8 cm³/mol. The molecule has 0 N–H and O–H groups in total. The van der Waals surface area contributed by atoms with Gasteiger partial charge in [0, 0.05) is 30.5 Å². The molecule has 4 rings (SSSR count). The molecule has 5 heteroatoms. The average molecular weight is 308 g/mol. The first-order valence-electron chi connectivity index (χ1n) is 7.44. The van der Waals surface area contributed by atoms with E-state index < -0.39 is 0 Å². The van der Waals surface area contributed by atoms with Crippen molar-refractivity contribution in [3.05, 3.63) is 60.4 Å². The Kier molecular flexibility index (Phi) is 3.56. The summed E-state index contributed by atoms with van der Waals surface area (Å²) in [6.45, 7) is 0.849. The van der Waals surface area contributed by atoms with Crippen molar-refractivity contribution in [2.24, 2.45) is 0 Å². The van der Waals surface area contributed by atoms with E-state index in [1.165, 1.54) is 18.4 Å². The summed E-state index contributed by atoms with van der Waals surface area (Å²) in [6, 6.07) is 14.9. The average Bonchev–Trinajstić information content (AvgIpc) is 3.31. The molecule has 0 aliphatic heterocycles. The van der Waals surface area contributed by atoms with Crippen LogP contribution < -0.4 is 4.90 Å². The molecule has 1 aliphatic carbocycles. The van der Waals surface area contributed by atoms with Crippen LogP contribution in [0.15, 0.2) is 54.9 Å². The fourth-order valence-corrected chi connectivity index (χ4v) is 3.38. The molecule has 0 atom stereocenters. The lowest BCUT2D eigenvalue weighted by Gasteiger charge is -2.20. The van der Waals surface area contributed by atoms with Crippen LogP contribution >= 0.6 is 11.3 Å². The predicted octanol–water partition coefficient (Wildman–Crippen LogP) is 3.77. The molecule has 0 spiro atoms. The topological polar surface area (TPSA) is 41.9 Å². The second-order valence-electron chi connectivity index (χ2n) is 5.48. The molecule has 22 heavy (non-hydrogen) atoms. The summed E-state index contributed by atoms with van der Waals surface area (Å²) in [5.41, 5.74) is 2.34. The van der Waals surface area contributed by atoms with Gasteiger partial charge in [0.1, 0.15) is 5.01 Å². The fraction of sp³-hybridized carbons (Fsp3) is 0.235. The van der Waals surface area contributed by atoms with Crippen LogP contribution in [0, 0.1) is 0 Å². The normalized spacial score (nSPS) is 14.0. The molecule has 110 valence electrons. The number of rotatable bonds is 5. The van der Waals surface area contributed by atoms with E-state index in [0.29, 0.717) is 6.04 Å². The summed E-state index contributed by atoms with van der Waals surface area (Å²) in [4.78, 5) is 6.57. The van der Waals surface area contributed by atoms with Crippen molar-refractivity contribution in [2.45, 2.75) is 25.4 Å². The van der Waals surface area contributed by atoms with Crippen LogP contribution in [0.4, 0.5) is 5.13 Å². The number of aromatic nitrogens is 3. The smallest absolute Gasteiger partial charge is 0.209 e. The van der Waals surface area contributed by atoms with E-state index in [2.05, 4.69) is 38.3 Å². The van der Waals surface area contributed by atoms with Gasteiger partial charge < -0.3 is 4.90 Å². The molecule has 0 bridgehead atoms. The minimum atomic E-state index is 0.594. The van der Waals surface area contributed by atoms with Gasteiger partial charge >= 0.3 is 0 Å². The van der Waals surface area contributed by atoms with Crippen molar-refractivity contribution >= 4 is 16.5 Å². The van der Waals surface area contributed by atoms with Gasteiger partial charge in [-0.05, 0) is 24.5 Å². The highest BCUT2D eigenvalue weighted by molar-refractivity contribution is 7.18. The van der Waals surface area contributed by atoms with Gasteiger partial charge in [-0.1, -0.05) is 47.7 Å². The second-order valence-corrected chi connectivity index (χ2v) is 6.43. The van der Waals surface area contributed by atoms with Crippen molar-refractivity contribution in [1.82, 2.24) is 15.2 Å². The molecule has 3 aromatic rings. The Bertz CT molecular complexity index is 738. The van der Waals surface area contributed by atoms with Crippen molar-refractivity contribution in [3.8, 4) is 10.6 Å². The zero-order chi connectivity index (χ0) is 14.8. The Morgan fingerprint density at radius 3 is 2.64 bits per heavy atom. The Balaban J connectivity index is 1.60. The van der Waals surface area contributed by atoms with E-state index in [1.54, 1.807) is 11.3 Å². The van der Waals surface area contributed by atoms with Gasteiger partial charge in [0.15, 0.2) is 0 Å². The Morgan fingerprint density at radius 2 is 1.91 bits per heavy atom. The zero-order valence-electron chi connectivity index (χ0n) is 12.1. The number of pyridine rings is 1. The lowest BCUT2D eigenvalue weighted by atomic mass is 10.2. The van der Waals surface area contributed by atoms with Gasteiger partial charge in [-0.2, -0.15) is 0 Å². The van der Waals surface area contributed by atoms with Crippen LogP contribution in [0.2, 0.25) is 0 Å². The third-order valence-corrected chi connectivity index (χ3v) is 4.75. The van der Waals surface area contributed by atoms with E-state index in [9.17, 15) is 0 Å². The minimum Gasteiger partial charge on any atom is -0.339 e. The number of hydrogen-bond donors (Lipinski definition) is 0. The molecular weight excluding hydrogens is 292 g/mol. The summed E-state index contributed by atoms with van der Waals surface area (Å²) in [6.07, 6.45) is 6.21. The molecule has 0 unspecified atom stereocenters. The molecule has 0 amide bonds. The van der Waals surface area contributed by atoms with E-state index in [4.69, 9.17) is 0 Å². The largest absolute Gasteiger partial charge is 0.339 e. The van der Waals surface area contributed by atoms with E-state index in [1.807, 2.05) is 36.7 Å². The molecule has 1 aliphatic rings. The van der Waals surface area contributed by atoms with Crippen LogP contribution in [0.3, 0.4) is 0 Å². The van der Waals surface area contributed by atoms with Gasteiger partial charge in [0.05, 0.1) is 0 Å². The maximum Gasteiger partial charge on any atom is 0.209 e. The molecule has 2 heterocycles. The highest BCUT2D eigenvalue weighted by atomic mass is 32.1. The van der Waals surface area contributed by atoms with Crippen molar-refractivity contribution < 1.29 is 0 Å². The fourth-order valence-electron chi connectivity index (χ4n) is 2.46. The first-order valence-corrected chi connectivity index (χ1v) is 8.26. The molecule has 0 radical (unpaired) electrons. The highest BCUT2D eigenvalue weighted by Gasteiger charge is 2.31. The van der Waals surface area contributed by atoms with Gasteiger partial charge in [-0.25, -0.2) is 0 Å². The van der Waals surface area contributed by atoms with Crippen molar-refractivity contribution in [1.29, 1.82) is 0 Å². The Hall–Kier alpha value is -2.27. The summed E-state index contributed by atoms with van der Waals surface area (Å²) in [5, 5.41) is 10.8. The van der Waals surface area contributed by atoms with Crippen LogP contribution in [0.25, 0.3) is 10.6 Å². The number of nitrogens with zero attached hydrogens (tertiary/aromatic N) is 4. The molecule has 2 aromatic heterocycles. The summed E-state index contributed by atoms with van der Waals surface area (Å²) in [7, 11) is 0. The van der Waals surface area contributed by atoms with Gasteiger partial charge in [0.2, 0.25) is 5.13 Å². The van der Waals surface area contributed by atoms with Crippen LogP contribution in [0.5, 0.6) is 0 Å². The number of benzene rings is 1. The molecule has 1 aromatic carbocycles. The quantitative estimate of drug-likeness (QED) is 0.719. The summed E-state index contributed by atoms with van der Waals surface area (Å²) < 4.78 is 0. The first kappa shape index (κ1) is 13.4. The molecule has 1 fully saturated rings. The van der Waals surface area contributed by atoms with Crippen LogP contribution in [-0.4, -0.2) is 21.2 Å². The first-order chi connectivity index (χ1) is 10.9. The molecular formula is C17H16N4S. The monoisotopic (exact) mass is 308 g/mol. The van der Waals surface area contributed by atoms with Gasteiger partial charge in [-0.15, -0.1) is 10.2 Å². The summed E-state index contributed by atoms with van der Waals surface area (Å²) >= 11 is 1.66. The third kappa shape index (κ3) is 2.85. The van der Waals surface area contributed by atoms with E-state index in [-0.39, 0.29) is 0 Å².